The van der Waals surface area contributed by atoms with Crippen molar-refractivity contribution < 1.29 is 4.39 Å². The number of rotatable bonds is 2. The molecule has 0 spiro atoms. The maximum absolute atomic E-state index is 12.9. The van der Waals surface area contributed by atoms with Crippen molar-refractivity contribution in [3.63, 3.8) is 0 Å². The largest absolute Gasteiger partial charge is 0.207 e. The van der Waals surface area contributed by atoms with E-state index in [0.717, 1.165) is 21.6 Å². The first-order chi connectivity index (χ1) is 8.65. The third-order valence-corrected chi connectivity index (χ3v) is 3.57. The first-order valence-electron chi connectivity index (χ1n) is 5.50. The molecule has 0 amide bonds. The van der Waals surface area contributed by atoms with Gasteiger partial charge in [-0.2, -0.15) is 5.26 Å². The van der Waals surface area contributed by atoms with Gasteiger partial charge in [0.15, 0.2) is 0 Å². The molecule has 0 N–H and O–H groups in total. The second kappa shape index (κ2) is 5.24. The van der Waals surface area contributed by atoms with E-state index in [1.165, 1.54) is 12.1 Å². The smallest absolute Gasteiger partial charge is 0.123 e. The fourth-order valence-electron chi connectivity index (χ4n) is 1.87. The van der Waals surface area contributed by atoms with E-state index in [1.807, 2.05) is 25.3 Å². The summed E-state index contributed by atoms with van der Waals surface area (Å²) in [5.41, 5.74) is 3.63. The summed E-state index contributed by atoms with van der Waals surface area (Å²) < 4.78 is 12.9. The van der Waals surface area contributed by atoms with Gasteiger partial charge in [0, 0.05) is 4.90 Å². The number of hydrogen-bond acceptors (Lipinski definition) is 2. The quantitative estimate of drug-likeness (QED) is 0.745. The van der Waals surface area contributed by atoms with E-state index >= 15 is 0 Å². The van der Waals surface area contributed by atoms with Crippen LogP contribution in [0.5, 0.6) is 0 Å². The normalized spacial score (nSPS) is 10.1. The molecule has 0 radical (unpaired) electrons. The monoisotopic (exact) mass is 257 g/mol. The van der Waals surface area contributed by atoms with Gasteiger partial charge in [0.05, 0.1) is 5.56 Å². The molecule has 0 aliphatic rings. The van der Waals surface area contributed by atoms with Gasteiger partial charge in [0.1, 0.15) is 11.9 Å². The fraction of sp³-hybridized carbons (Fsp3) is 0.133. The van der Waals surface area contributed by atoms with Crippen LogP contribution in [0.2, 0.25) is 0 Å². The minimum absolute atomic E-state index is 0.241. The molecule has 2 aromatic rings. The van der Waals surface area contributed by atoms with Crippen LogP contribution >= 0.6 is 11.8 Å². The predicted octanol–water partition coefficient (Wildman–Crippen LogP) is 4.39. The van der Waals surface area contributed by atoms with Gasteiger partial charge in [-0.15, -0.1) is 11.8 Å². The maximum Gasteiger partial charge on any atom is 0.123 e. The molecule has 18 heavy (non-hydrogen) atoms. The summed E-state index contributed by atoms with van der Waals surface area (Å²) in [4.78, 5) is 0.955. The van der Waals surface area contributed by atoms with Crippen LogP contribution in [0.4, 0.5) is 4.39 Å². The summed E-state index contributed by atoms with van der Waals surface area (Å²) in [5.74, 6) is -0.241. The number of thioether (sulfide) groups is 1. The number of nitriles is 1. The Kier molecular flexibility index (Phi) is 3.69. The molecule has 2 rings (SSSR count). The summed E-state index contributed by atoms with van der Waals surface area (Å²) in [6.07, 6.45) is 1.95. The predicted molar refractivity (Wildman–Crippen MR) is 73.1 cm³/mol. The van der Waals surface area contributed by atoms with Gasteiger partial charge in [0.25, 0.3) is 0 Å². The summed E-state index contributed by atoms with van der Waals surface area (Å²) >= 11 is 1.55. The summed E-state index contributed by atoms with van der Waals surface area (Å²) in [6.45, 7) is 1.92. The number of halogens is 1. The average molecular weight is 257 g/mol. The van der Waals surface area contributed by atoms with Gasteiger partial charge in [-0.05, 0) is 48.1 Å². The van der Waals surface area contributed by atoms with E-state index in [2.05, 4.69) is 6.07 Å². The maximum atomic E-state index is 12.9. The van der Waals surface area contributed by atoms with Gasteiger partial charge in [-0.1, -0.05) is 18.2 Å². The zero-order valence-corrected chi connectivity index (χ0v) is 11.0. The van der Waals surface area contributed by atoms with Crippen LogP contribution in [0.25, 0.3) is 11.1 Å². The first kappa shape index (κ1) is 12.7. The van der Waals surface area contributed by atoms with E-state index in [-0.39, 0.29) is 5.82 Å². The standard InChI is InChI=1S/C15H12FNS/c1-10-7-12(8-15(18-2)14(10)9-17)11-3-5-13(16)6-4-11/h3-8H,1-2H3. The molecular formula is C15H12FNS. The molecule has 0 aromatic heterocycles. The first-order valence-corrected chi connectivity index (χ1v) is 6.73. The second-order valence-corrected chi connectivity index (χ2v) is 4.84. The minimum Gasteiger partial charge on any atom is -0.207 e. The summed E-state index contributed by atoms with van der Waals surface area (Å²) in [6, 6.07) is 12.6. The topological polar surface area (TPSA) is 23.8 Å². The Balaban J connectivity index is 2.56. The third-order valence-electron chi connectivity index (χ3n) is 2.81. The van der Waals surface area contributed by atoms with Gasteiger partial charge >= 0.3 is 0 Å². The molecule has 3 heteroatoms. The summed E-state index contributed by atoms with van der Waals surface area (Å²) in [5, 5.41) is 9.12. The molecule has 0 saturated heterocycles. The minimum atomic E-state index is -0.241. The van der Waals surface area contributed by atoms with Crippen LogP contribution < -0.4 is 0 Å². The highest BCUT2D eigenvalue weighted by Crippen LogP contribution is 2.30. The van der Waals surface area contributed by atoms with Crippen molar-refractivity contribution in [3.05, 3.63) is 53.3 Å². The summed E-state index contributed by atoms with van der Waals surface area (Å²) in [7, 11) is 0. The van der Waals surface area contributed by atoms with Crippen molar-refractivity contribution in [2.45, 2.75) is 11.8 Å². The Hall–Kier alpha value is -1.79. The van der Waals surface area contributed by atoms with Crippen LogP contribution in [0.1, 0.15) is 11.1 Å². The second-order valence-electron chi connectivity index (χ2n) is 3.99. The van der Waals surface area contributed by atoms with Crippen LogP contribution in [-0.2, 0) is 0 Å². The molecule has 0 atom stereocenters. The lowest BCUT2D eigenvalue weighted by atomic mass is 10.0. The lowest BCUT2D eigenvalue weighted by molar-refractivity contribution is 0.628. The van der Waals surface area contributed by atoms with Crippen molar-refractivity contribution in [2.75, 3.05) is 6.26 Å². The molecule has 0 aliphatic carbocycles. The Bertz CT molecular complexity index is 612. The molecule has 1 nitrogen and oxygen atoms in total. The van der Waals surface area contributed by atoms with E-state index in [4.69, 9.17) is 5.26 Å². The van der Waals surface area contributed by atoms with E-state index < -0.39 is 0 Å². The Labute approximate surface area is 110 Å². The van der Waals surface area contributed by atoms with Crippen molar-refractivity contribution in [3.8, 4) is 17.2 Å². The van der Waals surface area contributed by atoms with Crippen LogP contribution in [0, 0.1) is 24.1 Å². The highest BCUT2D eigenvalue weighted by atomic mass is 32.2. The lowest BCUT2D eigenvalue weighted by Crippen LogP contribution is -1.89. The zero-order chi connectivity index (χ0) is 13.1. The lowest BCUT2D eigenvalue weighted by Gasteiger charge is -2.09. The highest BCUT2D eigenvalue weighted by Gasteiger charge is 2.08. The third kappa shape index (κ3) is 2.39. The van der Waals surface area contributed by atoms with Crippen LogP contribution in [-0.4, -0.2) is 6.26 Å². The molecular weight excluding hydrogens is 245 g/mol. The average Bonchev–Trinajstić information content (AvgIpc) is 2.38. The van der Waals surface area contributed by atoms with Gasteiger partial charge in [-0.3, -0.25) is 0 Å². The van der Waals surface area contributed by atoms with Crippen molar-refractivity contribution in [2.24, 2.45) is 0 Å². The van der Waals surface area contributed by atoms with Crippen LogP contribution in [0.15, 0.2) is 41.3 Å². The Morgan fingerprint density at radius 3 is 2.33 bits per heavy atom. The van der Waals surface area contributed by atoms with Gasteiger partial charge in [0.2, 0.25) is 0 Å². The molecule has 0 saturated carbocycles. The fourth-order valence-corrected chi connectivity index (χ4v) is 2.52. The Morgan fingerprint density at radius 2 is 1.78 bits per heavy atom. The molecule has 0 aliphatic heterocycles. The Morgan fingerprint density at radius 1 is 1.11 bits per heavy atom. The number of aryl methyl sites for hydroxylation is 1. The van der Waals surface area contributed by atoms with Crippen molar-refractivity contribution >= 4 is 11.8 Å². The number of nitrogens with zero attached hydrogens (tertiary/aromatic N) is 1. The van der Waals surface area contributed by atoms with E-state index in [9.17, 15) is 4.39 Å². The zero-order valence-electron chi connectivity index (χ0n) is 10.2. The van der Waals surface area contributed by atoms with E-state index in [1.54, 1.807) is 23.9 Å². The van der Waals surface area contributed by atoms with Crippen LogP contribution in [0.3, 0.4) is 0 Å². The molecule has 0 heterocycles. The number of hydrogen-bond donors (Lipinski definition) is 0. The van der Waals surface area contributed by atoms with Crippen molar-refractivity contribution in [1.82, 2.24) is 0 Å². The highest BCUT2D eigenvalue weighted by molar-refractivity contribution is 7.98. The molecule has 0 unspecified atom stereocenters. The van der Waals surface area contributed by atoms with Gasteiger partial charge < -0.3 is 0 Å². The van der Waals surface area contributed by atoms with Gasteiger partial charge in [-0.25, -0.2) is 4.39 Å². The molecule has 0 bridgehead atoms. The van der Waals surface area contributed by atoms with Crippen molar-refractivity contribution in [1.29, 1.82) is 5.26 Å². The van der Waals surface area contributed by atoms with E-state index in [0.29, 0.717) is 5.56 Å². The molecule has 90 valence electrons. The molecule has 2 aromatic carbocycles. The number of benzene rings is 2. The SMILES string of the molecule is CSc1cc(-c2ccc(F)cc2)cc(C)c1C#N. The molecule has 0 fully saturated rings.